The van der Waals surface area contributed by atoms with Gasteiger partial charge in [-0.3, -0.25) is 9.53 Å². The largest absolute Gasteiger partial charge is 0.459 e. The zero-order valence-electron chi connectivity index (χ0n) is 22.9. The fraction of sp³-hybridized carbons (Fsp3) is 0.552. The summed E-state index contributed by atoms with van der Waals surface area (Å²) in [5, 5.41) is 11.4. The van der Waals surface area contributed by atoms with E-state index in [-0.39, 0.29) is 43.4 Å². The summed E-state index contributed by atoms with van der Waals surface area (Å²) in [6, 6.07) is 15.7. The van der Waals surface area contributed by atoms with Crippen molar-refractivity contribution in [1.29, 1.82) is 0 Å². The van der Waals surface area contributed by atoms with Crippen molar-refractivity contribution in [3.05, 3.63) is 65.7 Å². The van der Waals surface area contributed by atoms with E-state index in [0.29, 0.717) is 0 Å². The third-order valence-electron chi connectivity index (χ3n) is 7.23. The molecule has 0 bridgehead atoms. The molecular weight excluding hydrogens is 544 g/mol. The van der Waals surface area contributed by atoms with E-state index in [1.54, 1.807) is 12.1 Å². The molecule has 0 aliphatic carbocycles. The molecule has 0 aromatic heterocycles. The maximum atomic E-state index is 13.7. The molecule has 2 saturated heterocycles. The Hall–Kier alpha value is -2.44. The third kappa shape index (κ3) is 7.64. The summed E-state index contributed by atoms with van der Waals surface area (Å²) < 4.78 is 71.0. The van der Waals surface area contributed by atoms with Gasteiger partial charge < -0.3 is 14.6 Å². The Morgan fingerprint density at radius 1 is 1.12 bits per heavy atom. The van der Waals surface area contributed by atoms with Gasteiger partial charge in [0.25, 0.3) is 0 Å². The summed E-state index contributed by atoms with van der Waals surface area (Å²) in [5.41, 5.74) is 1.77. The smallest absolute Gasteiger partial charge is 0.358 e. The standard InChI is InChI=1S/C29H37F2NO7S/c1-19(2)16-32(40(35,36)23-11-9-20(3)10-12-23)17-25(33)22(13-21-7-5-4-6-8-21)14-27(34)38-26-18-37-28-24(26)15-29(30,31)39-28/h4-12,19,22,24-26,28,33H,13-18H2,1-3H3/t22-,24-,25-,26+,28-/m1/s1. The van der Waals surface area contributed by atoms with Gasteiger partial charge in [-0.1, -0.05) is 61.9 Å². The number of rotatable bonds is 12. The fourth-order valence-electron chi connectivity index (χ4n) is 5.16. The summed E-state index contributed by atoms with van der Waals surface area (Å²) in [6.07, 6.45) is -7.12. The van der Waals surface area contributed by atoms with E-state index in [4.69, 9.17) is 9.47 Å². The van der Waals surface area contributed by atoms with Gasteiger partial charge in [-0.2, -0.15) is 13.1 Å². The van der Waals surface area contributed by atoms with Crippen molar-refractivity contribution >= 4 is 16.0 Å². The summed E-state index contributed by atoms with van der Waals surface area (Å²) in [6.45, 7) is 5.53. The molecule has 2 fully saturated rings. The lowest BCUT2D eigenvalue weighted by Gasteiger charge is -2.30. The predicted octanol–water partition coefficient (Wildman–Crippen LogP) is 4.15. The van der Waals surface area contributed by atoms with E-state index in [9.17, 15) is 27.1 Å². The zero-order valence-corrected chi connectivity index (χ0v) is 23.7. The lowest BCUT2D eigenvalue weighted by Crippen LogP contribution is -2.43. The van der Waals surface area contributed by atoms with Crippen molar-refractivity contribution in [2.75, 3.05) is 19.7 Å². The van der Waals surface area contributed by atoms with Crippen molar-refractivity contribution in [2.24, 2.45) is 17.8 Å². The van der Waals surface area contributed by atoms with Gasteiger partial charge in [0.1, 0.15) is 6.10 Å². The van der Waals surface area contributed by atoms with Crippen molar-refractivity contribution in [2.45, 2.75) is 69.5 Å². The van der Waals surface area contributed by atoms with Crippen LogP contribution in [0.4, 0.5) is 8.78 Å². The van der Waals surface area contributed by atoms with Crippen LogP contribution in [0.2, 0.25) is 0 Å². The number of carbonyl (C=O) groups is 1. The molecule has 0 spiro atoms. The SMILES string of the molecule is Cc1ccc(S(=O)(=O)N(CC(C)C)C[C@@H](O)[C@@H](CC(=O)O[C@H]2CO[C@@H]3OC(F)(F)C[C@@H]32)Cc2ccccc2)cc1. The molecule has 2 heterocycles. The Balaban J connectivity index is 1.50. The van der Waals surface area contributed by atoms with Gasteiger partial charge in [0.05, 0.1) is 36.4 Å². The number of nitrogens with zero attached hydrogens (tertiary/aromatic N) is 1. The first kappa shape index (κ1) is 30.5. The Bertz CT molecular complexity index is 1240. The van der Waals surface area contributed by atoms with Crippen LogP contribution in [0.25, 0.3) is 0 Å². The number of benzene rings is 2. The zero-order chi connectivity index (χ0) is 29.1. The molecule has 0 amide bonds. The highest BCUT2D eigenvalue weighted by molar-refractivity contribution is 7.89. The van der Waals surface area contributed by atoms with Gasteiger partial charge >= 0.3 is 12.1 Å². The molecule has 1 N–H and O–H groups in total. The lowest BCUT2D eigenvalue weighted by atomic mass is 9.90. The molecule has 2 aromatic carbocycles. The molecular formula is C29H37F2NO7S. The molecule has 11 heteroatoms. The number of carbonyl (C=O) groups excluding carboxylic acids is 1. The summed E-state index contributed by atoms with van der Waals surface area (Å²) in [4.78, 5) is 13.1. The molecule has 2 aliphatic heterocycles. The van der Waals surface area contributed by atoms with Crippen molar-refractivity contribution in [1.82, 2.24) is 4.31 Å². The number of hydrogen-bond donors (Lipinski definition) is 1. The Morgan fingerprint density at radius 3 is 2.45 bits per heavy atom. The Labute approximate surface area is 234 Å². The van der Waals surface area contributed by atoms with E-state index in [2.05, 4.69) is 4.74 Å². The highest BCUT2D eigenvalue weighted by Gasteiger charge is 2.56. The summed E-state index contributed by atoms with van der Waals surface area (Å²) >= 11 is 0. The van der Waals surface area contributed by atoms with Crippen LogP contribution < -0.4 is 0 Å². The number of alkyl halides is 2. The first-order valence-corrected chi connectivity index (χ1v) is 14.9. The van der Waals surface area contributed by atoms with Crippen molar-refractivity contribution in [3.63, 3.8) is 0 Å². The molecule has 4 rings (SSSR count). The van der Waals surface area contributed by atoms with E-state index in [1.165, 1.54) is 16.4 Å². The normalized spacial score (nSPS) is 23.8. The maximum absolute atomic E-state index is 13.7. The van der Waals surface area contributed by atoms with E-state index in [1.807, 2.05) is 51.1 Å². The quantitative estimate of drug-likeness (QED) is 0.376. The topological polar surface area (TPSA) is 102 Å². The van der Waals surface area contributed by atoms with Crippen molar-refractivity contribution in [3.8, 4) is 0 Å². The minimum Gasteiger partial charge on any atom is -0.459 e. The second-order valence-corrected chi connectivity index (χ2v) is 13.0. The van der Waals surface area contributed by atoms with Gasteiger partial charge in [0, 0.05) is 19.0 Å². The van der Waals surface area contributed by atoms with Gasteiger partial charge in [0.2, 0.25) is 10.0 Å². The van der Waals surface area contributed by atoms with Crippen LogP contribution >= 0.6 is 0 Å². The van der Waals surface area contributed by atoms with Crippen LogP contribution in [0.15, 0.2) is 59.5 Å². The van der Waals surface area contributed by atoms with Crippen LogP contribution in [0.1, 0.15) is 37.8 Å². The number of esters is 1. The van der Waals surface area contributed by atoms with E-state index < -0.39 is 58.9 Å². The Kier molecular flexibility index (Phi) is 9.62. The van der Waals surface area contributed by atoms with Crippen molar-refractivity contribution < 1.29 is 41.3 Å². The summed E-state index contributed by atoms with van der Waals surface area (Å²) in [7, 11) is -3.93. The maximum Gasteiger partial charge on any atom is 0.358 e. The molecule has 0 radical (unpaired) electrons. The average Bonchev–Trinajstić information content (AvgIpc) is 3.38. The summed E-state index contributed by atoms with van der Waals surface area (Å²) in [5.74, 6) is -2.18. The van der Waals surface area contributed by atoms with Crippen LogP contribution in [-0.4, -0.2) is 68.1 Å². The number of aryl methyl sites for hydroxylation is 1. The second-order valence-electron chi connectivity index (χ2n) is 11.1. The number of halogens is 2. The first-order valence-electron chi connectivity index (χ1n) is 13.5. The first-order chi connectivity index (χ1) is 18.8. The molecule has 0 unspecified atom stereocenters. The number of aliphatic hydroxyl groups excluding tert-OH is 1. The van der Waals surface area contributed by atoms with Gasteiger partial charge in [-0.15, -0.1) is 0 Å². The molecule has 0 saturated carbocycles. The Morgan fingerprint density at radius 2 is 1.80 bits per heavy atom. The predicted molar refractivity (Wildman–Crippen MR) is 143 cm³/mol. The lowest BCUT2D eigenvalue weighted by molar-refractivity contribution is -0.270. The van der Waals surface area contributed by atoms with E-state index >= 15 is 0 Å². The molecule has 40 heavy (non-hydrogen) atoms. The second kappa shape index (κ2) is 12.6. The molecule has 2 aliphatic rings. The number of aliphatic hydroxyl groups is 1. The minimum atomic E-state index is -3.93. The van der Waals surface area contributed by atoms with E-state index in [0.717, 1.165) is 11.1 Å². The van der Waals surface area contributed by atoms with Crippen LogP contribution in [0.5, 0.6) is 0 Å². The molecule has 5 atom stereocenters. The van der Waals surface area contributed by atoms with Crippen LogP contribution in [0, 0.1) is 24.7 Å². The van der Waals surface area contributed by atoms with Crippen LogP contribution in [-0.2, 0) is 35.4 Å². The number of fused-ring (bicyclic) bond motifs is 1. The molecule has 8 nitrogen and oxygen atoms in total. The highest BCUT2D eigenvalue weighted by Crippen LogP contribution is 2.44. The monoisotopic (exact) mass is 581 g/mol. The molecule has 220 valence electrons. The average molecular weight is 582 g/mol. The molecule has 2 aromatic rings. The highest BCUT2D eigenvalue weighted by atomic mass is 32.2. The number of sulfonamides is 1. The van der Waals surface area contributed by atoms with Gasteiger partial charge in [-0.25, -0.2) is 8.42 Å². The third-order valence-corrected chi connectivity index (χ3v) is 9.07. The van der Waals surface area contributed by atoms with Gasteiger partial charge in [-0.05, 0) is 37.0 Å². The number of hydrogen-bond acceptors (Lipinski definition) is 7. The fourth-order valence-corrected chi connectivity index (χ4v) is 6.78. The number of ether oxygens (including phenoxy) is 3. The minimum absolute atomic E-state index is 0.0213. The van der Waals surface area contributed by atoms with Crippen LogP contribution in [0.3, 0.4) is 0 Å². The van der Waals surface area contributed by atoms with Gasteiger partial charge in [0.15, 0.2) is 6.29 Å².